The summed E-state index contributed by atoms with van der Waals surface area (Å²) in [5, 5.41) is 0.603. The van der Waals surface area contributed by atoms with E-state index in [0.29, 0.717) is 29.8 Å². The van der Waals surface area contributed by atoms with Crippen LogP contribution in [0.1, 0.15) is 30.8 Å². The van der Waals surface area contributed by atoms with Crippen molar-refractivity contribution in [3.05, 3.63) is 47.2 Å². The maximum Gasteiger partial charge on any atom is 0.290 e. The Kier molecular flexibility index (Phi) is 4.74. The molecule has 1 aromatic heterocycles. The molecule has 1 saturated heterocycles. The quantitative estimate of drug-likeness (QED) is 0.840. The first-order valence-electron chi connectivity index (χ1n) is 7.83. The van der Waals surface area contributed by atoms with Crippen LogP contribution in [0.4, 0.5) is 0 Å². The maximum absolute atomic E-state index is 12.8. The van der Waals surface area contributed by atoms with Gasteiger partial charge in [0.25, 0.3) is 5.91 Å². The Morgan fingerprint density at radius 3 is 2.70 bits per heavy atom. The molecular formula is C18H20ClNO3. The Morgan fingerprint density at radius 1 is 1.26 bits per heavy atom. The molecule has 2 aromatic rings. The Balaban J connectivity index is 1.86. The van der Waals surface area contributed by atoms with Gasteiger partial charge in [0.05, 0.1) is 17.7 Å². The first-order chi connectivity index (χ1) is 11.1. The van der Waals surface area contributed by atoms with Gasteiger partial charge in [-0.1, -0.05) is 23.7 Å². The average molecular weight is 334 g/mol. The molecule has 1 aliphatic heterocycles. The fourth-order valence-electron chi connectivity index (χ4n) is 2.95. The minimum absolute atomic E-state index is 0.0862. The summed E-state index contributed by atoms with van der Waals surface area (Å²) in [7, 11) is 0. The van der Waals surface area contributed by atoms with Crippen LogP contribution in [0.2, 0.25) is 5.02 Å². The highest BCUT2D eigenvalue weighted by molar-refractivity contribution is 6.33. The molecule has 2 heterocycles. The van der Waals surface area contributed by atoms with Gasteiger partial charge in [0.15, 0.2) is 5.76 Å². The number of ether oxygens (including phenoxy) is 1. The van der Waals surface area contributed by atoms with Gasteiger partial charge in [-0.2, -0.15) is 0 Å². The van der Waals surface area contributed by atoms with E-state index in [-0.39, 0.29) is 18.0 Å². The third-order valence-electron chi connectivity index (χ3n) is 4.05. The predicted molar refractivity (Wildman–Crippen MR) is 89.7 cm³/mol. The third-order valence-corrected chi connectivity index (χ3v) is 4.38. The van der Waals surface area contributed by atoms with Crippen molar-refractivity contribution < 1.29 is 13.9 Å². The zero-order valence-corrected chi connectivity index (χ0v) is 14.0. The highest BCUT2D eigenvalue weighted by Crippen LogP contribution is 2.30. The molecule has 1 amide bonds. The largest absolute Gasteiger partial charge is 0.451 e. The lowest BCUT2D eigenvalue weighted by atomic mass is 10.1. The van der Waals surface area contributed by atoms with E-state index < -0.39 is 0 Å². The lowest BCUT2D eigenvalue weighted by Gasteiger charge is -2.31. The number of nitrogens with zero attached hydrogens (tertiary/aromatic N) is 1. The van der Waals surface area contributed by atoms with Crippen molar-refractivity contribution in [3.63, 3.8) is 0 Å². The second kappa shape index (κ2) is 6.77. The highest BCUT2D eigenvalue weighted by Gasteiger charge is 2.31. The van der Waals surface area contributed by atoms with Crippen LogP contribution in [0, 0.1) is 0 Å². The van der Waals surface area contributed by atoms with Crippen molar-refractivity contribution in [2.24, 2.45) is 0 Å². The Morgan fingerprint density at radius 2 is 2.04 bits per heavy atom. The number of carbonyl (C=O) groups is 1. The van der Waals surface area contributed by atoms with Gasteiger partial charge in [-0.05, 0) is 44.5 Å². The van der Waals surface area contributed by atoms with E-state index in [2.05, 4.69) is 0 Å². The van der Waals surface area contributed by atoms with Crippen molar-refractivity contribution in [3.8, 4) is 11.3 Å². The molecule has 1 aromatic carbocycles. The number of hydrogen-bond donors (Lipinski definition) is 0. The number of benzene rings is 1. The molecular weight excluding hydrogens is 314 g/mol. The second-order valence-corrected chi connectivity index (χ2v) is 6.37. The van der Waals surface area contributed by atoms with Gasteiger partial charge in [-0.25, -0.2) is 0 Å². The molecule has 0 bridgehead atoms. The molecule has 3 rings (SSSR count). The summed E-state index contributed by atoms with van der Waals surface area (Å²) in [6.07, 6.45) is 0.863. The molecule has 0 saturated carbocycles. The first-order valence-corrected chi connectivity index (χ1v) is 8.21. The van der Waals surface area contributed by atoms with Gasteiger partial charge in [0.2, 0.25) is 0 Å². The Hall–Kier alpha value is -1.78. The molecule has 0 unspecified atom stereocenters. The van der Waals surface area contributed by atoms with Crippen molar-refractivity contribution in [1.29, 1.82) is 0 Å². The van der Waals surface area contributed by atoms with Gasteiger partial charge in [-0.3, -0.25) is 4.79 Å². The summed E-state index contributed by atoms with van der Waals surface area (Å²) in [6, 6.07) is 11.1. The van der Waals surface area contributed by atoms with Crippen molar-refractivity contribution in [2.75, 3.05) is 13.2 Å². The molecule has 0 spiro atoms. The molecule has 23 heavy (non-hydrogen) atoms. The monoisotopic (exact) mass is 333 g/mol. The van der Waals surface area contributed by atoms with E-state index in [4.69, 9.17) is 20.8 Å². The van der Waals surface area contributed by atoms with Gasteiger partial charge < -0.3 is 14.1 Å². The number of halogens is 1. The van der Waals surface area contributed by atoms with Crippen molar-refractivity contribution in [2.45, 2.75) is 32.4 Å². The summed E-state index contributed by atoms with van der Waals surface area (Å²) in [5.41, 5.74) is 0.786. The van der Waals surface area contributed by atoms with Crippen LogP contribution < -0.4 is 0 Å². The van der Waals surface area contributed by atoms with E-state index in [9.17, 15) is 4.79 Å². The maximum atomic E-state index is 12.8. The average Bonchev–Trinajstić information content (AvgIpc) is 3.18. The van der Waals surface area contributed by atoms with Crippen LogP contribution in [0.3, 0.4) is 0 Å². The van der Waals surface area contributed by atoms with E-state index >= 15 is 0 Å². The molecule has 5 heteroatoms. The molecule has 1 atom stereocenters. The van der Waals surface area contributed by atoms with E-state index in [0.717, 1.165) is 12.0 Å². The molecule has 1 fully saturated rings. The minimum Gasteiger partial charge on any atom is -0.451 e. The van der Waals surface area contributed by atoms with Gasteiger partial charge in [-0.15, -0.1) is 0 Å². The highest BCUT2D eigenvalue weighted by atomic mass is 35.5. The number of hydrogen-bond acceptors (Lipinski definition) is 3. The standard InChI is InChI=1S/C18H20ClNO3/c1-12(2)20(13-9-10-22-11-13)18(21)17-8-7-16(23-17)14-5-3-4-6-15(14)19/h3-8,12-13H,9-11H2,1-2H3/t13-/m1/s1. The molecule has 0 radical (unpaired) electrons. The van der Waals surface area contributed by atoms with Crippen molar-refractivity contribution in [1.82, 2.24) is 4.90 Å². The van der Waals surface area contributed by atoms with E-state index in [1.54, 1.807) is 18.2 Å². The number of rotatable bonds is 4. The van der Waals surface area contributed by atoms with Crippen LogP contribution in [-0.2, 0) is 4.74 Å². The fraction of sp³-hybridized carbons (Fsp3) is 0.389. The van der Waals surface area contributed by atoms with Crippen LogP contribution in [-0.4, -0.2) is 36.1 Å². The van der Waals surface area contributed by atoms with Gasteiger partial charge in [0, 0.05) is 18.2 Å². The van der Waals surface area contributed by atoms with Gasteiger partial charge >= 0.3 is 0 Å². The molecule has 0 N–H and O–H groups in total. The van der Waals surface area contributed by atoms with Crippen LogP contribution in [0.5, 0.6) is 0 Å². The lowest BCUT2D eigenvalue weighted by molar-refractivity contribution is 0.0550. The van der Waals surface area contributed by atoms with Crippen LogP contribution in [0.25, 0.3) is 11.3 Å². The number of furan rings is 1. The molecule has 122 valence electrons. The van der Waals surface area contributed by atoms with Gasteiger partial charge in [0.1, 0.15) is 5.76 Å². The Bertz CT molecular complexity index is 689. The zero-order chi connectivity index (χ0) is 16.4. The topological polar surface area (TPSA) is 42.7 Å². The van der Waals surface area contributed by atoms with Crippen molar-refractivity contribution >= 4 is 17.5 Å². The normalized spacial score (nSPS) is 17.7. The number of carbonyl (C=O) groups excluding carboxylic acids is 1. The summed E-state index contributed by atoms with van der Waals surface area (Å²) in [6.45, 7) is 5.30. The predicted octanol–water partition coefficient (Wildman–Crippen LogP) is 4.24. The lowest BCUT2D eigenvalue weighted by Crippen LogP contribution is -2.45. The SMILES string of the molecule is CC(C)N(C(=O)c1ccc(-c2ccccc2Cl)o1)[C@@H]1CCOC1. The summed E-state index contributed by atoms with van der Waals surface area (Å²) in [5.74, 6) is 0.833. The van der Waals surface area contributed by atoms with E-state index in [1.807, 2.05) is 36.9 Å². The van der Waals surface area contributed by atoms with Crippen LogP contribution >= 0.6 is 11.6 Å². The second-order valence-electron chi connectivity index (χ2n) is 5.97. The summed E-state index contributed by atoms with van der Waals surface area (Å²) < 4.78 is 11.2. The molecule has 4 nitrogen and oxygen atoms in total. The summed E-state index contributed by atoms with van der Waals surface area (Å²) >= 11 is 6.19. The first kappa shape index (κ1) is 16.1. The summed E-state index contributed by atoms with van der Waals surface area (Å²) in [4.78, 5) is 14.7. The Labute approximate surface area is 141 Å². The van der Waals surface area contributed by atoms with Crippen LogP contribution in [0.15, 0.2) is 40.8 Å². The zero-order valence-electron chi connectivity index (χ0n) is 13.3. The van der Waals surface area contributed by atoms with E-state index in [1.165, 1.54) is 0 Å². The fourth-order valence-corrected chi connectivity index (χ4v) is 3.18. The number of amides is 1. The molecule has 0 aliphatic carbocycles. The minimum atomic E-state index is -0.103. The smallest absolute Gasteiger partial charge is 0.290 e. The third kappa shape index (κ3) is 3.28. The molecule has 1 aliphatic rings.